The highest BCUT2D eigenvalue weighted by molar-refractivity contribution is 5.87. The van der Waals surface area contributed by atoms with Crippen LogP contribution in [0.25, 0.3) is 0 Å². The molecule has 1 aromatic heterocycles. The zero-order chi connectivity index (χ0) is 15.0. The van der Waals surface area contributed by atoms with E-state index in [0.29, 0.717) is 18.7 Å². The van der Waals surface area contributed by atoms with Gasteiger partial charge in [-0.3, -0.25) is 20.5 Å². The van der Waals surface area contributed by atoms with Crippen LogP contribution in [0.5, 0.6) is 0 Å². The Morgan fingerprint density at radius 1 is 1.45 bits per heavy atom. The number of nitrogens with two attached hydrogens (primary N) is 1. The number of nitrogens with one attached hydrogen (secondary N) is 4. The number of amidine groups is 1. The molecule has 6 N–H and O–H groups in total. The Balaban J connectivity index is 2.23. The minimum atomic E-state index is -0.412. The largest absolute Gasteiger partial charge is 0.388 e. The van der Waals surface area contributed by atoms with Crippen molar-refractivity contribution in [2.45, 2.75) is 32.6 Å². The van der Waals surface area contributed by atoms with Crippen molar-refractivity contribution < 1.29 is 4.79 Å². The molecule has 20 heavy (non-hydrogen) atoms. The number of amides is 2. The molecule has 110 valence electrons. The Kier molecular flexibility index (Phi) is 6.21. The fraction of sp³-hybridized carbons (Fsp3) is 0.500. The fourth-order valence-corrected chi connectivity index (χ4v) is 1.61. The first-order chi connectivity index (χ1) is 9.47. The molecule has 1 rings (SSSR count). The van der Waals surface area contributed by atoms with Crippen molar-refractivity contribution in [3.8, 4) is 0 Å². The van der Waals surface area contributed by atoms with Crippen LogP contribution in [-0.4, -0.2) is 28.4 Å². The van der Waals surface area contributed by atoms with Gasteiger partial charge in [-0.25, -0.2) is 9.78 Å². The highest BCUT2D eigenvalue weighted by Crippen LogP contribution is 1.98. The first kappa shape index (κ1) is 15.7. The van der Waals surface area contributed by atoms with Crippen LogP contribution in [-0.2, 0) is 0 Å². The third kappa shape index (κ3) is 6.53. The van der Waals surface area contributed by atoms with Crippen LogP contribution in [0.15, 0.2) is 10.9 Å². The molecule has 0 radical (unpaired) electrons. The van der Waals surface area contributed by atoms with Gasteiger partial charge in [-0.15, -0.1) is 0 Å². The van der Waals surface area contributed by atoms with Gasteiger partial charge in [-0.2, -0.15) is 0 Å². The maximum atomic E-state index is 11.5. The van der Waals surface area contributed by atoms with E-state index in [2.05, 4.69) is 20.6 Å². The number of aromatic amines is 1. The molecule has 0 aliphatic heterocycles. The summed E-state index contributed by atoms with van der Waals surface area (Å²) in [6.07, 6.45) is 3.11. The van der Waals surface area contributed by atoms with E-state index in [-0.39, 0.29) is 17.3 Å². The van der Waals surface area contributed by atoms with Gasteiger partial charge in [0.25, 0.3) is 5.56 Å². The number of H-pyrrole nitrogens is 1. The highest BCUT2D eigenvalue weighted by Gasteiger charge is 2.03. The second-order valence-corrected chi connectivity index (χ2v) is 4.45. The molecule has 0 spiro atoms. The molecule has 0 saturated heterocycles. The molecular formula is C12H20N6O2. The number of nitrogens with zero attached hydrogens (tertiary/aromatic N) is 1. The summed E-state index contributed by atoms with van der Waals surface area (Å²) in [5.74, 6) is 0.314. The molecule has 8 heteroatoms. The maximum absolute atomic E-state index is 11.5. The quantitative estimate of drug-likeness (QED) is 0.285. The van der Waals surface area contributed by atoms with E-state index in [1.807, 2.05) is 0 Å². The lowest BCUT2D eigenvalue weighted by Crippen LogP contribution is -2.31. The molecule has 0 bridgehead atoms. The Labute approximate surface area is 116 Å². The summed E-state index contributed by atoms with van der Waals surface area (Å²) < 4.78 is 0. The lowest BCUT2D eigenvalue weighted by molar-refractivity contribution is 0.251. The normalized spacial score (nSPS) is 10.1. The Bertz CT molecular complexity index is 525. The summed E-state index contributed by atoms with van der Waals surface area (Å²) in [5.41, 5.74) is 5.46. The van der Waals surface area contributed by atoms with Crippen LogP contribution in [0.3, 0.4) is 0 Å². The molecule has 1 aromatic rings. The van der Waals surface area contributed by atoms with Crippen LogP contribution in [0.2, 0.25) is 0 Å². The van der Waals surface area contributed by atoms with Crippen molar-refractivity contribution in [2.75, 3.05) is 11.9 Å². The molecule has 8 nitrogen and oxygen atoms in total. The molecule has 0 atom stereocenters. The summed E-state index contributed by atoms with van der Waals surface area (Å²) in [5, 5.41) is 12.2. The minimum Gasteiger partial charge on any atom is -0.388 e. The van der Waals surface area contributed by atoms with Crippen LogP contribution in [0.1, 0.15) is 31.4 Å². The summed E-state index contributed by atoms with van der Waals surface area (Å²) in [6, 6.07) is 0.934. The summed E-state index contributed by atoms with van der Waals surface area (Å²) >= 11 is 0. The van der Waals surface area contributed by atoms with Crippen LogP contribution < -0.4 is 21.9 Å². The van der Waals surface area contributed by atoms with Gasteiger partial charge in [0, 0.05) is 24.7 Å². The minimum absolute atomic E-state index is 0.129. The van der Waals surface area contributed by atoms with E-state index in [4.69, 9.17) is 11.1 Å². The van der Waals surface area contributed by atoms with Gasteiger partial charge in [0.1, 0.15) is 0 Å². The average molecular weight is 280 g/mol. The number of urea groups is 1. The van der Waals surface area contributed by atoms with Gasteiger partial charge in [0.15, 0.2) is 0 Å². The molecule has 0 aliphatic rings. The van der Waals surface area contributed by atoms with E-state index >= 15 is 0 Å². The maximum Gasteiger partial charge on any atom is 0.321 e. The molecular weight excluding hydrogens is 260 g/mol. The number of hydrogen-bond donors (Lipinski definition) is 5. The van der Waals surface area contributed by atoms with Crippen LogP contribution >= 0.6 is 0 Å². The summed E-state index contributed by atoms with van der Waals surface area (Å²) in [4.78, 5) is 29.1. The molecule has 1 heterocycles. The van der Waals surface area contributed by atoms with Crippen molar-refractivity contribution in [2.24, 2.45) is 5.73 Å². The van der Waals surface area contributed by atoms with Gasteiger partial charge in [-0.1, -0.05) is 6.42 Å². The molecule has 0 aromatic carbocycles. The van der Waals surface area contributed by atoms with Gasteiger partial charge in [0.05, 0.1) is 5.84 Å². The van der Waals surface area contributed by atoms with E-state index in [1.165, 1.54) is 6.07 Å². The predicted octanol–water partition coefficient (Wildman–Crippen LogP) is 0.696. The smallest absolute Gasteiger partial charge is 0.321 e. The first-order valence-corrected chi connectivity index (χ1v) is 6.43. The lowest BCUT2D eigenvalue weighted by atomic mass is 10.2. The number of rotatable bonds is 7. The van der Waals surface area contributed by atoms with Gasteiger partial charge in [-0.05, 0) is 19.8 Å². The number of carbonyl (C=O) groups is 1. The zero-order valence-corrected chi connectivity index (χ0v) is 11.5. The molecule has 2 amide bonds. The summed E-state index contributed by atoms with van der Waals surface area (Å²) in [6.45, 7) is 2.19. The van der Waals surface area contributed by atoms with Crippen molar-refractivity contribution in [3.63, 3.8) is 0 Å². The molecule has 0 aliphatic carbocycles. The monoisotopic (exact) mass is 280 g/mol. The van der Waals surface area contributed by atoms with Gasteiger partial charge >= 0.3 is 6.03 Å². The lowest BCUT2D eigenvalue weighted by Gasteiger charge is -2.07. The van der Waals surface area contributed by atoms with E-state index in [1.54, 1.807) is 6.92 Å². The van der Waals surface area contributed by atoms with E-state index < -0.39 is 6.03 Å². The second-order valence-electron chi connectivity index (χ2n) is 4.45. The van der Waals surface area contributed by atoms with Gasteiger partial charge < -0.3 is 11.1 Å². The Morgan fingerprint density at radius 3 is 2.85 bits per heavy atom. The van der Waals surface area contributed by atoms with Crippen LogP contribution in [0.4, 0.5) is 10.7 Å². The number of hydrogen-bond acceptors (Lipinski definition) is 4. The zero-order valence-electron chi connectivity index (χ0n) is 11.5. The third-order valence-electron chi connectivity index (χ3n) is 2.51. The second kappa shape index (κ2) is 7.93. The number of anilines is 1. The van der Waals surface area contributed by atoms with Crippen molar-refractivity contribution in [3.05, 3.63) is 22.1 Å². The molecule has 0 fully saturated rings. The highest BCUT2D eigenvalue weighted by atomic mass is 16.2. The van der Waals surface area contributed by atoms with Crippen LogP contribution in [0, 0.1) is 12.3 Å². The SMILES string of the molecule is Cc1cc(=O)[nH]c(NC(=O)NCCCCCC(=N)N)n1. The Hall–Kier alpha value is -2.38. The van der Waals surface area contributed by atoms with E-state index in [9.17, 15) is 9.59 Å². The average Bonchev–Trinajstić information content (AvgIpc) is 2.31. The standard InChI is InChI=1S/C12H20N6O2/c1-8-7-10(19)17-11(16-8)18-12(20)15-6-4-2-3-5-9(13)14/h7H,2-6H2,1H3,(H3,13,14)(H3,15,16,17,18,19,20). The van der Waals surface area contributed by atoms with Crippen molar-refractivity contribution in [1.82, 2.24) is 15.3 Å². The van der Waals surface area contributed by atoms with E-state index in [0.717, 1.165) is 19.3 Å². The third-order valence-corrected chi connectivity index (χ3v) is 2.51. The van der Waals surface area contributed by atoms with Crippen molar-refractivity contribution in [1.29, 1.82) is 5.41 Å². The molecule has 0 saturated carbocycles. The fourth-order valence-electron chi connectivity index (χ4n) is 1.61. The van der Waals surface area contributed by atoms with Gasteiger partial charge in [0.2, 0.25) is 5.95 Å². The first-order valence-electron chi connectivity index (χ1n) is 6.43. The number of aromatic nitrogens is 2. The Morgan fingerprint density at radius 2 is 2.20 bits per heavy atom. The summed E-state index contributed by atoms with van der Waals surface area (Å²) in [7, 11) is 0. The predicted molar refractivity (Wildman–Crippen MR) is 77.0 cm³/mol. The number of carbonyl (C=O) groups excluding carboxylic acids is 1. The molecule has 0 unspecified atom stereocenters. The number of unbranched alkanes of at least 4 members (excludes halogenated alkanes) is 2. The number of aryl methyl sites for hydroxylation is 1. The topological polar surface area (TPSA) is 137 Å². The van der Waals surface area contributed by atoms with Crippen molar-refractivity contribution >= 4 is 17.8 Å².